The fourth-order valence-electron chi connectivity index (χ4n) is 2.52. The fraction of sp³-hybridized carbons (Fsp3) is 0.438. The summed E-state index contributed by atoms with van der Waals surface area (Å²) in [5.41, 5.74) is 1.20. The Labute approximate surface area is 154 Å². The summed E-state index contributed by atoms with van der Waals surface area (Å²) in [6.07, 6.45) is 0. The van der Waals surface area contributed by atoms with Crippen LogP contribution in [0.2, 0.25) is 0 Å². The van der Waals surface area contributed by atoms with Crippen molar-refractivity contribution in [2.45, 2.75) is 4.34 Å². The first-order chi connectivity index (χ1) is 12.2. The molecular formula is C16H20N4O3S2. The molecule has 0 bridgehead atoms. The van der Waals surface area contributed by atoms with Crippen LogP contribution in [0.25, 0.3) is 0 Å². The standard InChI is InChI=1S/C16H20N4O3S2/c1-22-13-5-3-12(4-6-13)19-7-9-20(10-8-19)15-17-18-16(25-15)24-11-14(21)23-2/h3-6H,7-11H2,1-2H3. The number of anilines is 2. The summed E-state index contributed by atoms with van der Waals surface area (Å²) in [5, 5.41) is 9.30. The fourth-order valence-corrected chi connectivity index (χ4v) is 4.24. The molecular weight excluding hydrogens is 360 g/mol. The molecule has 1 saturated heterocycles. The number of hydrogen-bond donors (Lipinski definition) is 0. The van der Waals surface area contributed by atoms with E-state index in [-0.39, 0.29) is 11.7 Å². The second kappa shape index (κ2) is 8.39. The van der Waals surface area contributed by atoms with Crippen molar-refractivity contribution in [3.05, 3.63) is 24.3 Å². The van der Waals surface area contributed by atoms with Gasteiger partial charge in [0.1, 0.15) is 5.75 Å². The van der Waals surface area contributed by atoms with Gasteiger partial charge in [0.15, 0.2) is 4.34 Å². The van der Waals surface area contributed by atoms with Crippen molar-refractivity contribution in [3.8, 4) is 5.75 Å². The zero-order valence-corrected chi connectivity index (χ0v) is 15.8. The average Bonchev–Trinajstić information content (AvgIpc) is 3.15. The highest BCUT2D eigenvalue weighted by Gasteiger charge is 2.20. The third-order valence-electron chi connectivity index (χ3n) is 3.92. The number of thioether (sulfide) groups is 1. The Morgan fingerprint density at radius 3 is 2.44 bits per heavy atom. The lowest BCUT2D eigenvalue weighted by Gasteiger charge is -2.35. The maximum absolute atomic E-state index is 11.2. The Morgan fingerprint density at radius 2 is 1.80 bits per heavy atom. The number of esters is 1. The van der Waals surface area contributed by atoms with Gasteiger partial charge in [-0.15, -0.1) is 10.2 Å². The molecule has 25 heavy (non-hydrogen) atoms. The van der Waals surface area contributed by atoms with Gasteiger partial charge >= 0.3 is 5.97 Å². The van der Waals surface area contributed by atoms with Crippen LogP contribution >= 0.6 is 23.1 Å². The van der Waals surface area contributed by atoms with Crippen LogP contribution in [-0.2, 0) is 9.53 Å². The lowest BCUT2D eigenvalue weighted by Crippen LogP contribution is -2.46. The average molecular weight is 380 g/mol. The maximum atomic E-state index is 11.2. The van der Waals surface area contributed by atoms with Gasteiger partial charge in [0, 0.05) is 31.9 Å². The molecule has 1 fully saturated rings. The third kappa shape index (κ3) is 4.55. The molecule has 7 nitrogen and oxygen atoms in total. The number of piperazine rings is 1. The largest absolute Gasteiger partial charge is 0.497 e. The van der Waals surface area contributed by atoms with Crippen molar-refractivity contribution in [1.29, 1.82) is 0 Å². The minimum Gasteiger partial charge on any atom is -0.497 e. The number of rotatable bonds is 6. The summed E-state index contributed by atoms with van der Waals surface area (Å²) in [5.74, 6) is 0.874. The van der Waals surface area contributed by atoms with E-state index in [2.05, 4.69) is 36.9 Å². The van der Waals surface area contributed by atoms with Gasteiger partial charge in [-0.1, -0.05) is 23.1 Å². The van der Waals surface area contributed by atoms with E-state index in [4.69, 9.17) is 4.74 Å². The second-order valence-corrected chi connectivity index (χ2v) is 7.57. The van der Waals surface area contributed by atoms with Gasteiger partial charge in [0.25, 0.3) is 0 Å². The van der Waals surface area contributed by atoms with E-state index in [0.29, 0.717) is 0 Å². The summed E-state index contributed by atoms with van der Waals surface area (Å²) in [7, 11) is 3.06. The van der Waals surface area contributed by atoms with Gasteiger partial charge in [-0.3, -0.25) is 4.79 Å². The van der Waals surface area contributed by atoms with Gasteiger partial charge in [-0.2, -0.15) is 0 Å². The van der Waals surface area contributed by atoms with E-state index in [1.165, 1.54) is 35.9 Å². The van der Waals surface area contributed by atoms with Gasteiger partial charge in [0.05, 0.1) is 20.0 Å². The topological polar surface area (TPSA) is 67.8 Å². The van der Waals surface area contributed by atoms with E-state index in [9.17, 15) is 4.79 Å². The van der Waals surface area contributed by atoms with E-state index in [1.54, 1.807) is 7.11 Å². The normalized spacial score (nSPS) is 14.5. The number of carbonyl (C=O) groups excluding carboxylic acids is 1. The lowest BCUT2D eigenvalue weighted by atomic mass is 10.2. The molecule has 0 aliphatic carbocycles. The molecule has 1 aliphatic heterocycles. The third-order valence-corrected chi connectivity index (χ3v) is 6.02. The molecule has 134 valence electrons. The van der Waals surface area contributed by atoms with Crippen LogP contribution in [0.5, 0.6) is 5.75 Å². The molecule has 1 aromatic carbocycles. The van der Waals surface area contributed by atoms with Crippen LogP contribution in [0.1, 0.15) is 0 Å². The number of carbonyl (C=O) groups is 1. The maximum Gasteiger partial charge on any atom is 0.316 e. The van der Waals surface area contributed by atoms with Gasteiger partial charge < -0.3 is 19.3 Å². The number of hydrogen-bond acceptors (Lipinski definition) is 9. The molecule has 0 atom stereocenters. The van der Waals surface area contributed by atoms with Crippen LogP contribution in [0.4, 0.5) is 10.8 Å². The minimum absolute atomic E-state index is 0.255. The van der Waals surface area contributed by atoms with E-state index in [1.807, 2.05) is 12.1 Å². The van der Waals surface area contributed by atoms with E-state index >= 15 is 0 Å². The number of nitrogens with zero attached hydrogens (tertiary/aromatic N) is 4. The van der Waals surface area contributed by atoms with E-state index < -0.39 is 0 Å². The molecule has 0 unspecified atom stereocenters. The second-order valence-electron chi connectivity index (χ2n) is 5.39. The van der Waals surface area contributed by atoms with Crippen molar-refractivity contribution in [3.63, 3.8) is 0 Å². The first kappa shape index (κ1) is 17.8. The van der Waals surface area contributed by atoms with Crippen molar-refractivity contribution in [2.75, 3.05) is 56.0 Å². The molecule has 0 amide bonds. The SMILES string of the molecule is COC(=O)CSc1nnc(N2CCN(c3ccc(OC)cc3)CC2)s1. The van der Waals surface area contributed by atoms with Crippen LogP contribution < -0.4 is 14.5 Å². The number of methoxy groups -OCH3 is 2. The minimum atomic E-state index is -0.255. The number of benzene rings is 1. The molecule has 0 spiro atoms. The van der Waals surface area contributed by atoms with Crippen LogP contribution in [0, 0.1) is 0 Å². The monoisotopic (exact) mass is 380 g/mol. The molecule has 2 heterocycles. The highest BCUT2D eigenvalue weighted by Crippen LogP contribution is 2.29. The summed E-state index contributed by atoms with van der Waals surface area (Å²) in [6.45, 7) is 3.64. The quantitative estimate of drug-likeness (QED) is 0.558. The molecule has 3 rings (SSSR count). The Hall–Kier alpha value is -2.00. The molecule has 1 aliphatic rings. The molecule has 2 aromatic rings. The molecule has 0 N–H and O–H groups in total. The Balaban J connectivity index is 1.53. The highest BCUT2D eigenvalue weighted by molar-refractivity contribution is 8.01. The van der Waals surface area contributed by atoms with E-state index in [0.717, 1.165) is 41.4 Å². The predicted octanol–water partition coefficient (Wildman–Crippen LogP) is 2.14. The molecule has 1 aromatic heterocycles. The first-order valence-electron chi connectivity index (χ1n) is 7.86. The molecule has 9 heteroatoms. The number of ether oxygens (including phenoxy) is 2. The zero-order valence-electron chi connectivity index (χ0n) is 14.2. The highest BCUT2D eigenvalue weighted by atomic mass is 32.2. The van der Waals surface area contributed by atoms with Gasteiger partial charge in [-0.05, 0) is 24.3 Å². The van der Waals surface area contributed by atoms with Gasteiger partial charge in [0.2, 0.25) is 5.13 Å². The summed E-state index contributed by atoms with van der Waals surface area (Å²) >= 11 is 2.88. The van der Waals surface area contributed by atoms with Crippen LogP contribution in [0.15, 0.2) is 28.6 Å². The van der Waals surface area contributed by atoms with Crippen LogP contribution in [0.3, 0.4) is 0 Å². The van der Waals surface area contributed by atoms with Gasteiger partial charge in [-0.25, -0.2) is 0 Å². The Kier molecular flexibility index (Phi) is 5.98. The zero-order chi connectivity index (χ0) is 17.6. The van der Waals surface area contributed by atoms with Crippen LogP contribution in [-0.4, -0.2) is 62.3 Å². The Morgan fingerprint density at radius 1 is 1.12 bits per heavy atom. The predicted molar refractivity (Wildman–Crippen MR) is 100 cm³/mol. The van der Waals surface area contributed by atoms with Crippen molar-refractivity contribution >= 4 is 39.9 Å². The molecule has 0 radical (unpaired) electrons. The first-order valence-corrected chi connectivity index (χ1v) is 9.67. The Bertz CT molecular complexity index is 700. The molecule has 0 saturated carbocycles. The smallest absolute Gasteiger partial charge is 0.316 e. The lowest BCUT2D eigenvalue weighted by molar-refractivity contribution is -0.137. The summed E-state index contributed by atoms with van der Waals surface area (Å²) in [4.78, 5) is 15.8. The summed E-state index contributed by atoms with van der Waals surface area (Å²) < 4.78 is 10.6. The number of aromatic nitrogens is 2. The summed E-state index contributed by atoms with van der Waals surface area (Å²) in [6, 6.07) is 8.14. The van der Waals surface area contributed by atoms with Crippen molar-refractivity contribution in [2.24, 2.45) is 0 Å². The van der Waals surface area contributed by atoms with Crippen molar-refractivity contribution in [1.82, 2.24) is 10.2 Å². The van der Waals surface area contributed by atoms with Crippen molar-refractivity contribution < 1.29 is 14.3 Å².